The number of H-pyrrole nitrogens is 1. The lowest BCUT2D eigenvalue weighted by atomic mass is 10.0. The minimum Gasteiger partial charge on any atom is -0.390 e. The van der Waals surface area contributed by atoms with Gasteiger partial charge in [0.2, 0.25) is 5.91 Å². The van der Waals surface area contributed by atoms with Gasteiger partial charge in [-0.1, -0.05) is 6.07 Å². The van der Waals surface area contributed by atoms with Gasteiger partial charge in [0.25, 0.3) is 0 Å². The quantitative estimate of drug-likeness (QED) is 0.400. The van der Waals surface area contributed by atoms with Crippen LogP contribution in [0, 0.1) is 0 Å². The second kappa shape index (κ2) is 7.83. The zero-order valence-electron chi connectivity index (χ0n) is 17.4. The van der Waals surface area contributed by atoms with Crippen LogP contribution < -0.4 is 5.32 Å². The number of rotatable bonds is 5. The van der Waals surface area contributed by atoms with E-state index in [-0.39, 0.29) is 12.3 Å². The molecule has 3 N–H and O–H groups in total. The molecule has 166 valence electrons. The average molecular weight is 442 g/mol. The third kappa shape index (κ3) is 4.67. The van der Waals surface area contributed by atoms with Gasteiger partial charge in [-0.2, -0.15) is 18.3 Å². The SMILES string of the molecule is CC(C)(O)CC(=O)Nc1c[nH]c2ccc(-c3cnn(-c4ccc(C(F)(F)F)cc4)c3)cc12. The van der Waals surface area contributed by atoms with Crippen LogP contribution in [-0.4, -0.2) is 31.4 Å². The molecule has 4 aromatic rings. The van der Waals surface area contributed by atoms with Crippen LogP contribution >= 0.6 is 0 Å². The largest absolute Gasteiger partial charge is 0.416 e. The van der Waals surface area contributed by atoms with Crippen molar-refractivity contribution < 1.29 is 23.1 Å². The Morgan fingerprint density at radius 1 is 1.12 bits per heavy atom. The Kier molecular flexibility index (Phi) is 5.29. The van der Waals surface area contributed by atoms with E-state index >= 15 is 0 Å². The molecule has 0 fully saturated rings. The molecular weight excluding hydrogens is 421 g/mol. The molecule has 0 radical (unpaired) electrons. The molecule has 0 saturated heterocycles. The Morgan fingerprint density at radius 3 is 2.50 bits per heavy atom. The summed E-state index contributed by atoms with van der Waals surface area (Å²) in [7, 11) is 0. The number of aromatic amines is 1. The zero-order valence-corrected chi connectivity index (χ0v) is 17.4. The molecule has 9 heteroatoms. The second-order valence-corrected chi connectivity index (χ2v) is 8.22. The summed E-state index contributed by atoms with van der Waals surface area (Å²) in [6.07, 6.45) is 0.600. The number of fused-ring (bicyclic) bond motifs is 1. The fourth-order valence-electron chi connectivity index (χ4n) is 3.41. The van der Waals surface area contributed by atoms with Gasteiger partial charge in [-0.3, -0.25) is 4.79 Å². The van der Waals surface area contributed by atoms with Gasteiger partial charge in [0.05, 0.1) is 35.2 Å². The molecule has 0 bridgehead atoms. The molecular formula is C23H21F3N4O2. The minimum absolute atomic E-state index is 0.0424. The second-order valence-electron chi connectivity index (χ2n) is 8.22. The molecule has 1 amide bonds. The van der Waals surface area contributed by atoms with Crippen LogP contribution in [0.25, 0.3) is 27.7 Å². The summed E-state index contributed by atoms with van der Waals surface area (Å²) < 4.78 is 39.8. The molecule has 2 aromatic carbocycles. The highest BCUT2D eigenvalue weighted by atomic mass is 19.4. The van der Waals surface area contributed by atoms with Crippen molar-refractivity contribution in [1.29, 1.82) is 0 Å². The summed E-state index contributed by atoms with van der Waals surface area (Å²) in [6, 6.07) is 10.4. The number of nitrogens with zero attached hydrogens (tertiary/aromatic N) is 2. The van der Waals surface area contributed by atoms with Crippen LogP contribution in [0.15, 0.2) is 61.1 Å². The third-order valence-electron chi connectivity index (χ3n) is 4.92. The minimum atomic E-state index is -4.39. The summed E-state index contributed by atoms with van der Waals surface area (Å²) in [5, 5.41) is 17.7. The predicted octanol–water partition coefficient (Wildman–Crippen LogP) is 5.14. The number of nitrogens with one attached hydrogen (secondary N) is 2. The molecule has 0 atom stereocenters. The van der Waals surface area contributed by atoms with Crippen molar-refractivity contribution in [2.75, 3.05) is 5.32 Å². The van der Waals surface area contributed by atoms with Crippen molar-refractivity contribution >= 4 is 22.5 Å². The van der Waals surface area contributed by atoms with Gasteiger partial charge >= 0.3 is 6.18 Å². The van der Waals surface area contributed by atoms with E-state index in [0.29, 0.717) is 11.4 Å². The van der Waals surface area contributed by atoms with E-state index in [2.05, 4.69) is 15.4 Å². The maximum atomic E-state index is 12.8. The van der Waals surface area contributed by atoms with Crippen LogP contribution in [0.3, 0.4) is 0 Å². The van der Waals surface area contributed by atoms with E-state index < -0.39 is 17.3 Å². The number of aromatic nitrogens is 3. The lowest BCUT2D eigenvalue weighted by Crippen LogP contribution is -2.27. The monoisotopic (exact) mass is 442 g/mol. The predicted molar refractivity (Wildman–Crippen MR) is 115 cm³/mol. The molecule has 0 aliphatic rings. The molecule has 6 nitrogen and oxygen atoms in total. The van der Waals surface area contributed by atoms with Crippen molar-refractivity contribution in [3.05, 3.63) is 66.6 Å². The van der Waals surface area contributed by atoms with Gasteiger partial charge in [-0.05, 0) is 55.8 Å². The van der Waals surface area contributed by atoms with E-state index in [1.165, 1.54) is 16.8 Å². The topological polar surface area (TPSA) is 82.9 Å². The normalized spacial score (nSPS) is 12.3. The zero-order chi connectivity index (χ0) is 23.1. The number of carbonyl (C=O) groups is 1. The Morgan fingerprint density at radius 2 is 1.84 bits per heavy atom. The van der Waals surface area contributed by atoms with Crippen molar-refractivity contribution in [2.24, 2.45) is 0 Å². The van der Waals surface area contributed by atoms with Gasteiger partial charge in [0, 0.05) is 28.9 Å². The summed E-state index contributed by atoms with van der Waals surface area (Å²) >= 11 is 0. The number of amides is 1. The molecule has 2 heterocycles. The smallest absolute Gasteiger partial charge is 0.390 e. The van der Waals surface area contributed by atoms with E-state index in [1.54, 1.807) is 32.4 Å². The van der Waals surface area contributed by atoms with E-state index in [1.807, 2.05) is 18.2 Å². The standard InChI is InChI=1S/C23H21F3N4O2/c1-22(2,32)10-21(31)29-20-12-27-19-8-3-14(9-18(19)20)15-11-28-30(13-15)17-6-4-16(5-7-17)23(24,25)26/h3-9,11-13,27,32H,10H2,1-2H3,(H,29,31). The number of anilines is 1. The van der Waals surface area contributed by atoms with Gasteiger partial charge < -0.3 is 15.4 Å². The van der Waals surface area contributed by atoms with E-state index in [9.17, 15) is 23.1 Å². The lowest BCUT2D eigenvalue weighted by molar-refractivity contribution is -0.137. The summed E-state index contributed by atoms with van der Waals surface area (Å²) in [6.45, 7) is 3.13. The molecule has 32 heavy (non-hydrogen) atoms. The van der Waals surface area contributed by atoms with Gasteiger partial charge in [-0.15, -0.1) is 0 Å². The number of carbonyl (C=O) groups excluding carboxylic acids is 1. The summed E-state index contributed by atoms with van der Waals surface area (Å²) in [4.78, 5) is 15.3. The maximum absolute atomic E-state index is 12.8. The highest BCUT2D eigenvalue weighted by Gasteiger charge is 2.30. The average Bonchev–Trinajstić information content (AvgIpc) is 3.33. The first-order valence-corrected chi connectivity index (χ1v) is 9.86. The highest BCUT2D eigenvalue weighted by Crippen LogP contribution is 2.31. The van der Waals surface area contributed by atoms with Gasteiger partial charge in [-0.25, -0.2) is 4.68 Å². The number of benzene rings is 2. The number of halogens is 3. The number of alkyl halides is 3. The first kappa shape index (κ1) is 21.6. The Hall–Kier alpha value is -3.59. The van der Waals surface area contributed by atoms with Crippen molar-refractivity contribution in [3.8, 4) is 16.8 Å². The Balaban J connectivity index is 1.59. The molecule has 0 aliphatic heterocycles. The Bertz CT molecular complexity index is 1270. The number of hydrogen-bond donors (Lipinski definition) is 3. The summed E-state index contributed by atoms with van der Waals surface area (Å²) in [5.74, 6) is -0.307. The van der Waals surface area contributed by atoms with Crippen molar-refractivity contribution in [1.82, 2.24) is 14.8 Å². The number of aliphatic hydroxyl groups is 1. The molecule has 0 spiro atoms. The fraction of sp³-hybridized carbons (Fsp3) is 0.217. The van der Waals surface area contributed by atoms with Gasteiger partial charge in [0.15, 0.2) is 0 Å². The molecule has 0 aliphatic carbocycles. The van der Waals surface area contributed by atoms with E-state index in [0.717, 1.165) is 34.2 Å². The fourth-order valence-corrected chi connectivity index (χ4v) is 3.41. The highest BCUT2D eigenvalue weighted by molar-refractivity contribution is 6.03. The van der Waals surface area contributed by atoms with Gasteiger partial charge in [0.1, 0.15) is 0 Å². The van der Waals surface area contributed by atoms with Crippen LogP contribution in [0.1, 0.15) is 25.8 Å². The van der Waals surface area contributed by atoms with Crippen LogP contribution in [0.2, 0.25) is 0 Å². The molecule has 0 saturated carbocycles. The van der Waals surface area contributed by atoms with E-state index in [4.69, 9.17) is 0 Å². The third-order valence-corrected chi connectivity index (χ3v) is 4.92. The number of hydrogen-bond acceptors (Lipinski definition) is 3. The summed E-state index contributed by atoms with van der Waals surface area (Å²) in [5.41, 5.74) is 1.68. The molecule has 2 aromatic heterocycles. The maximum Gasteiger partial charge on any atom is 0.416 e. The first-order chi connectivity index (χ1) is 15.0. The molecule has 0 unspecified atom stereocenters. The first-order valence-electron chi connectivity index (χ1n) is 9.86. The Labute approximate surface area is 181 Å². The van der Waals surface area contributed by atoms with Crippen LogP contribution in [0.5, 0.6) is 0 Å². The van der Waals surface area contributed by atoms with Crippen molar-refractivity contribution in [3.63, 3.8) is 0 Å². The van der Waals surface area contributed by atoms with Crippen molar-refractivity contribution in [2.45, 2.75) is 32.0 Å². The van der Waals surface area contributed by atoms with Crippen LogP contribution in [0.4, 0.5) is 18.9 Å². The molecule has 4 rings (SSSR count). The van der Waals surface area contributed by atoms with Crippen LogP contribution in [-0.2, 0) is 11.0 Å². The lowest BCUT2D eigenvalue weighted by Gasteiger charge is -2.16.